The van der Waals surface area contributed by atoms with Crippen LogP contribution in [0.5, 0.6) is 0 Å². The first-order valence-electron chi connectivity index (χ1n) is 8.09. The van der Waals surface area contributed by atoms with E-state index in [1.54, 1.807) is 5.32 Å². The van der Waals surface area contributed by atoms with Gasteiger partial charge in [-0.1, -0.05) is 18.2 Å². The lowest BCUT2D eigenvalue weighted by Gasteiger charge is -2.12. The third kappa shape index (κ3) is 5.57. The number of nitrogens with one attached hydrogen (secondary N) is 2. The number of benzene rings is 2. The van der Waals surface area contributed by atoms with Crippen molar-refractivity contribution in [2.75, 3.05) is 17.2 Å². The first-order chi connectivity index (χ1) is 13.1. The van der Waals surface area contributed by atoms with Gasteiger partial charge in [0.25, 0.3) is 5.91 Å². The van der Waals surface area contributed by atoms with E-state index in [2.05, 4.69) is 5.32 Å². The van der Waals surface area contributed by atoms with Gasteiger partial charge in [0.1, 0.15) is 0 Å². The first kappa shape index (κ1) is 20.9. The Morgan fingerprint density at radius 3 is 2.04 bits per heavy atom. The van der Waals surface area contributed by atoms with Gasteiger partial charge >= 0.3 is 18.1 Å². The molecule has 0 aliphatic heterocycles. The van der Waals surface area contributed by atoms with Crippen LogP contribution in [0.15, 0.2) is 42.5 Å². The molecule has 0 aliphatic carbocycles. The molecule has 9 heteroatoms. The number of hydrogen-bond acceptors (Lipinski definition) is 4. The highest BCUT2D eigenvalue weighted by atomic mass is 19.4. The van der Waals surface area contributed by atoms with Crippen LogP contribution in [0.2, 0.25) is 0 Å². The zero-order valence-corrected chi connectivity index (χ0v) is 15.0. The number of esters is 1. The molecule has 0 fully saturated rings. The van der Waals surface area contributed by atoms with Gasteiger partial charge in [-0.25, -0.2) is 4.79 Å². The van der Waals surface area contributed by atoms with E-state index < -0.39 is 30.6 Å². The zero-order chi connectivity index (χ0) is 20.9. The standard InChI is InChI=1S/C19H17F3N2O4/c1-11-4-3-5-12(2)16(11)24-15(25)10-28-17(26)13-6-8-14(9-7-13)23-18(27)19(20,21)22/h3-9H,10H2,1-2H3,(H,23,27)(H,24,25). The van der Waals surface area contributed by atoms with E-state index in [9.17, 15) is 27.6 Å². The van der Waals surface area contributed by atoms with E-state index in [-0.39, 0.29) is 11.3 Å². The maximum absolute atomic E-state index is 12.2. The fraction of sp³-hybridized carbons (Fsp3) is 0.211. The highest BCUT2D eigenvalue weighted by Crippen LogP contribution is 2.20. The van der Waals surface area contributed by atoms with Crippen molar-refractivity contribution >= 4 is 29.2 Å². The Hall–Kier alpha value is -3.36. The SMILES string of the molecule is Cc1cccc(C)c1NC(=O)COC(=O)c1ccc(NC(=O)C(F)(F)F)cc1. The van der Waals surface area contributed by atoms with Gasteiger partial charge in [-0.05, 0) is 49.2 Å². The van der Waals surface area contributed by atoms with Gasteiger partial charge in [-0.15, -0.1) is 0 Å². The molecule has 0 heterocycles. The van der Waals surface area contributed by atoms with Crippen molar-refractivity contribution in [3.63, 3.8) is 0 Å². The Labute approximate surface area is 158 Å². The number of amides is 2. The molecule has 0 aromatic heterocycles. The number of alkyl halides is 3. The monoisotopic (exact) mass is 394 g/mol. The van der Waals surface area contributed by atoms with Gasteiger partial charge in [-0.2, -0.15) is 13.2 Å². The minimum Gasteiger partial charge on any atom is -0.452 e. The molecular formula is C19H17F3N2O4. The predicted octanol–water partition coefficient (Wildman–Crippen LogP) is 3.60. The second kappa shape index (κ2) is 8.55. The van der Waals surface area contributed by atoms with Crippen LogP contribution < -0.4 is 10.6 Å². The zero-order valence-electron chi connectivity index (χ0n) is 15.0. The summed E-state index contributed by atoms with van der Waals surface area (Å²) < 4.78 is 41.5. The molecule has 2 rings (SSSR count). The summed E-state index contributed by atoms with van der Waals surface area (Å²) in [4.78, 5) is 34.8. The molecule has 0 bridgehead atoms. The van der Waals surface area contributed by atoms with Crippen molar-refractivity contribution < 1.29 is 32.3 Å². The van der Waals surface area contributed by atoms with Crippen LogP contribution in [0.4, 0.5) is 24.5 Å². The Morgan fingerprint density at radius 2 is 1.50 bits per heavy atom. The highest BCUT2D eigenvalue weighted by molar-refractivity contribution is 5.97. The number of ether oxygens (including phenoxy) is 1. The Kier molecular flexibility index (Phi) is 6.40. The number of rotatable bonds is 5. The third-order valence-electron chi connectivity index (χ3n) is 3.72. The summed E-state index contributed by atoms with van der Waals surface area (Å²) >= 11 is 0. The Morgan fingerprint density at radius 1 is 0.929 bits per heavy atom. The van der Waals surface area contributed by atoms with Gasteiger partial charge in [0.05, 0.1) is 5.56 Å². The quantitative estimate of drug-likeness (QED) is 0.759. The molecule has 2 aromatic carbocycles. The van der Waals surface area contributed by atoms with Crippen molar-refractivity contribution in [3.8, 4) is 0 Å². The summed E-state index contributed by atoms with van der Waals surface area (Å²) in [5.74, 6) is -3.48. The molecule has 0 saturated carbocycles. The van der Waals surface area contributed by atoms with Crippen molar-refractivity contribution in [2.24, 2.45) is 0 Å². The van der Waals surface area contributed by atoms with Crippen LogP contribution in [0.3, 0.4) is 0 Å². The van der Waals surface area contributed by atoms with Crippen LogP contribution >= 0.6 is 0 Å². The van der Waals surface area contributed by atoms with Crippen molar-refractivity contribution in [2.45, 2.75) is 20.0 Å². The van der Waals surface area contributed by atoms with Crippen molar-refractivity contribution in [1.29, 1.82) is 0 Å². The number of halogens is 3. The normalized spacial score (nSPS) is 10.9. The molecule has 28 heavy (non-hydrogen) atoms. The third-order valence-corrected chi connectivity index (χ3v) is 3.72. The molecule has 0 unspecified atom stereocenters. The van der Waals surface area contributed by atoms with Crippen LogP contribution in [-0.4, -0.2) is 30.6 Å². The van der Waals surface area contributed by atoms with E-state index >= 15 is 0 Å². The van der Waals surface area contributed by atoms with Gasteiger partial charge in [0.15, 0.2) is 6.61 Å². The van der Waals surface area contributed by atoms with E-state index in [0.717, 1.165) is 23.3 Å². The second-order valence-electron chi connectivity index (χ2n) is 5.92. The van der Waals surface area contributed by atoms with Crippen LogP contribution in [0, 0.1) is 13.8 Å². The average Bonchev–Trinajstić information content (AvgIpc) is 2.62. The number of carbonyl (C=O) groups is 3. The molecular weight excluding hydrogens is 377 g/mol. The largest absolute Gasteiger partial charge is 0.471 e. The number of para-hydroxylation sites is 1. The van der Waals surface area contributed by atoms with Crippen LogP contribution in [0.25, 0.3) is 0 Å². The van der Waals surface area contributed by atoms with Gasteiger partial charge in [0, 0.05) is 11.4 Å². The molecule has 2 amide bonds. The van der Waals surface area contributed by atoms with Gasteiger partial charge in [0.2, 0.25) is 0 Å². The number of hydrogen-bond donors (Lipinski definition) is 2. The fourth-order valence-electron chi connectivity index (χ4n) is 2.29. The molecule has 0 radical (unpaired) electrons. The minimum atomic E-state index is -5.01. The molecule has 0 atom stereocenters. The molecule has 2 N–H and O–H groups in total. The molecule has 0 aliphatic rings. The van der Waals surface area contributed by atoms with Gasteiger partial charge < -0.3 is 15.4 Å². The van der Waals surface area contributed by atoms with Gasteiger partial charge in [-0.3, -0.25) is 9.59 Å². The highest BCUT2D eigenvalue weighted by Gasteiger charge is 2.38. The summed E-state index contributed by atoms with van der Waals surface area (Å²) in [7, 11) is 0. The lowest BCUT2D eigenvalue weighted by molar-refractivity contribution is -0.167. The molecule has 6 nitrogen and oxygen atoms in total. The summed E-state index contributed by atoms with van der Waals surface area (Å²) in [6.07, 6.45) is -5.01. The topological polar surface area (TPSA) is 84.5 Å². The van der Waals surface area contributed by atoms with E-state index in [4.69, 9.17) is 4.74 Å². The lowest BCUT2D eigenvalue weighted by Crippen LogP contribution is -2.29. The van der Waals surface area contributed by atoms with E-state index in [1.165, 1.54) is 12.1 Å². The summed E-state index contributed by atoms with van der Waals surface area (Å²) in [5.41, 5.74) is 2.23. The Balaban J connectivity index is 1.91. The fourth-order valence-corrected chi connectivity index (χ4v) is 2.29. The van der Waals surface area contributed by atoms with E-state index in [1.807, 2.05) is 32.0 Å². The summed E-state index contributed by atoms with van der Waals surface area (Å²) in [5, 5.41) is 4.32. The number of aryl methyl sites for hydroxylation is 2. The summed E-state index contributed by atoms with van der Waals surface area (Å²) in [6, 6.07) is 10.1. The molecule has 0 spiro atoms. The first-order valence-corrected chi connectivity index (χ1v) is 8.09. The number of carbonyl (C=O) groups excluding carboxylic acids is 3. The minimum absolute atomic E-state index is 0.0184. The number of anilines is 2. The average molecular weight is 394 g/mol. The maximum atomic E-state index is 12.2. The lowest BCUT2D eigenvalue weighted by atomic mass is 10.1. The van der Waals surface area contributed by atoms with E-state index in [0.29, 0.717) is 5.69 Å². The predicted molar refractivity (Wildman–Crippen MR) is 96.0 cm³/mol. The maximum Gasteiger partial charge on any atom is 0.471 e. The van der Waals surface area contributed by atoms with Crippen molar-refractivity contribution in [1.82, 2.24) is 0 Å². The Bertz CT molecular complexity index is 873. The smallest absolute Gasteiger partial charge is 0.452 e. The second-order valence-corrected chi connectivity index (χ2v) is 5.92. The van der Waals surface area contributed by atoms with Crippen LogP contribution in [-0.2, 0) is 14.3 Å². The van der Waals surface area contributed by atoms with Crippen molar-refractivity contribution in [3.05, 3.63) is 59.2 Å². The molecule has 0 saturated heterocycles. The molecule has 148 valence electrons. The summed E-state index contributed by atoms with van der Waals surface area (Å²) in [6.45, 7) is 3.13. The van der Waals surface area contributed by atoms with Crippen LogP contribution in [0.1, 0.15) is 21.5 Å². The molecule has 2 aromatic rings.